The first kappa shape index (κ1) is 15.5. The number of nitrogens with zero attached hydrogens (tertiary/aromatic N) is 1. The maximum Gasteiger partial charge on any atom is 0.416 e. The number of alkyl halides is 3. The predicted molar refractivity (Wildman–Crippen MR) is 73.6 cm³/mol. The van der Waals surface area contributed by atoms with Crippen molar-refractivity contribution in [2.45, 2.75) is 31.5 Å². The van der Waals surface area contributed by atoms with E-state index in [0.29, 0.717) is 12.0 Å². The monoisotopic (exact) mass is 295 g/mol. The smallest absolute Gasteiger partial charge is 0.380 e. The molecule has 0 spiro atoms. The summed E-state index contributed by atoms with van der Waals surface area (Å²) in [5, 5.41) is 11.0. The van der Waals surface area contributed by atoms with Crippen LogP contribution in [-0.2, 0) is 11.8 Å². The molecule has 0 aliphatic rings. The average Bonchev–Trinajstić information content (AvgIpc) is 2.47. The van der Waals surface area contributed by atoms with E-state index in [0.717, 1.165) is 18.5 Å². The molecule has 0 fully saturated rings. The zero-order valence-corrected chi connectivity index (χ0v) is 11.6. The molecule has 1 aromatic heterocycles. The van der Waals surface area contributed by atoms with Crippen LogP contribution in [0.25, 0.3) is 0 Å². The van der Waals surface area contributed by atoms with Crippen LogP contribution in [0.5, 0.6) is 0 Å². The summed E-state index contributed by atoms with van der Waals surface area (Å²) in [6.45, 7) is 1.82. The van der Waals surface area contributed by atoms with Gasteiger partial charge in [0.2, 0.25) is 0 Å². The van der Waals surface area contributed by atoms with Gasteiger partial charge in [0.1, 0.15) is 5.60 Å². The molecule has 2 nitrogen and oxygen atoms in total. The van der Waals surface area contributed by atoms with Crippen molar-refractivity contribution in [3.63, 3.8) is 0 Å². The topological polar surface area (TPSA) is 33.1 Å². The van der Waals surface area contributed by atoms with Gasteiger partial charge < -0.3 is 5.11 Å². The molecule has 5 heteroatoms. The lowest BCUT2D eigenvalue weighted by atomic mass is 9.81. The largest absolute Gasteiger partial charge is 0.416 e. The minimum absolute atomic E-state index is 0.186. The number of aliphatic hydroxyl groups is 1. The zero-order chi connectivity index (χ0) is 15.5. The highest BCUT2D eigenvalue weighted by Gasteiger charge is 2.41. The second-order valence-corrected chi connectivity index (χ2v) is 4.90. The summed E-state index contributed by atoms with van der Waals surface area (Å²) in [5.41, 5.74) is -2.32. The lowest BCUT2D eigenvalue weighted by Crippen LogP contribution is -2.30. The van der Waals surface area contributed by atoms with Gasteiger partial charge in [0, 0.05) is 18.0 Å². The molecule has 0 saturated heterocycles. The van der Waals surface area contributed by atoms with Crippen LogP contribution in [0.2, 0.25) is 0 Å². The van der Waals surface area contributed by atoms with Gasteiger partial charge in [-0.15, -0.1) is 0 Å². The van der Waals surface area contributed by atoms with Crippen molar-refractivity contribution in [1.82, 2.24) is 4.98 Å². The molecule has 0 aliphatic heterocycles. The van der Waals surface area contributed by atoms with Crippen molar-refractivity contribution >= 4 is 0 Å². The van der Waals surface area contributed by atoms with Crippen LogP contribution in [-0.4, -0.2) is 10.1 Å². The molecule has 1 atom stereocenters. The zero-order valence-electron chi connectivity index (χ0n) is 11.6. The van der Waals surface area contributed by atoms with Crippen molar-refractivity contribution in [3.05, 3.63) is 65.5 Å². The van der Waals surface area contributed by atoms with E-state index in [-0.39, 0.29) is 12.0 Å². The van der Waals surface area contributed by atoms with Crippen molar-refractivity contribution in [2.75, 3.05) is 0 Å². The Morgan fingerprint density at radius 3 is 2.29 bits per heavy atom. The lowest BCUT2D eigenvalue weighted by Gasteiger charge is -2.31. The van der Waals surface area contributed by atoms with Crippen LogP contribution >= 0.6 is 0 Å². The number of pyridine rings is 1. The third-order valence-corrected chi connectivity index (χ3v) is 3.44. The van der Waals surface area contributed by atoms with Gasteiger partial charge in [-0.25, -0.2) is 0 Å². The molecule has 2 rings (SSSR count). The Kier molecular flexibility index (Phi) is 4.32. The van der Waals surface area contributed by atoms with Gasteiger partial charge in [-0.1, -0.05) is 43.7 Å². The molecule has 0 radical (unpaired) electrons. The van der Waals surface area contributed by atoms with E-state index >= 15 is 0 Å². The lowest BCUT2D eigenvalue weighted by molar-refractivity contribution is -0.140. The Bertz CT molecular complexity index is 598. The third-order valence-electron chi connectivity index (χ3n) is 3.44. The highest BCUT2D eigenvalue weighted by molar-refractivity contribution is 5.40. The van der Waals surface area contributed by atoms with Gasteiger partial charge in [-0.05, 0) is 18.1 Å². The molecule has 0 aliphatic carbocycles. The Hall–Kier alpha value is -1.88. The normalized spacial score (nSPS) is 14.7. The number of benzene rings is 1. The first-order valence-electron chi connectivity index (χ1n) is 6.69. The summed E-state index contributed by atoms with van der Waals surface area (Å²) < 4.78 is 39.6. The number of aromatic nitrogens is 1. The van der Waals surface area contributed by atoms with E-state index in [1.54, 1.807) is 30.3 Å². The van der Waals surface area contributed by atoms with E-state index in [1.807, 2.05) is 6.92 Å². The first-order valence-corrected chi connectivity index (χ1v) is 6.69. The van der Waals surface area contributed by atoms with Gasteiger partial charge in [-0.3, -0.25) is 4.98 Å². The summed E-state index contributed by atoms with van der Waals surface area (Å²) in [7, 11) is 0. The summed E-state index contributed by atoms with van der Waals surface area (Å²) in [5.74, 6) is 0. The van der Waals surface area contributed by atoms with Gasteiger partial charge in [-0.2, -0.15) is 13.2 Å². The molecule has 1 N–H and O–H groups in total. The molecule has 1 unspecified atom stereocenters. The van der Waals surface area contributed by atoms with Crippen LogP contribution in [0.1, 0.15) is 36.5 Å². The molecule has 1 heterocycles. The van der Waals surface area contributed by atoms with Crippen LogP contribution in [0.3, 0.4) is 0 Å². The number of halogens is 3. The van der Waals surface area contributed by atoms with Gasteiger partial charge in [0.25, 0.3) is 0 Å². The molecule has 2 aromatic rings. The highest BCUT2D eigenvalue weighted by Crippen LogP contribution is 2.41. The Labute approximate surface area is 121 Å². The molecule has 1 aromatic carbocycles. The third kappa shape index (κ3) is 3.08. The maximum atomic E-state index is 13.2. The van der Waals surface area contributed by atoms with Crippen molar-refractivity contribution in [1.29, 1.82) is 0 Å². The number of hydrogen-bond acceptors (Lipinski definition) is 2. The average molecular weight is 295 g/mol. The minimum atomic E-state index is -4.53. The Morgan fingerprint density at radius 1 is 1.05 bits per heavy atom. The number of hydrogen-bond donors (Lipinski definition) is 1. The van der Waals surface area contributed by atoms with Gasteiger partial charge in [0.15, 0.2) is 0 Å². The van der Waals surface area contributed by atoms with Crippen LogP contribution in [0.4, 0.5) is 13.2 Å². The molecular formula is C16H16F3NO. The SMILES string of the molecule is CCCC(O)(c1ccccc1)c1cnccc1C(F)(F)F. The molecule has 21 heavy (non-hydrogen) atoms. The van der Waals surface area contributed by atoms with E-state index in [9.17, 15) is 18.3 Å². The Morgan fingerprint density at radius 2 is 1.71 bits per heavy atom. The molecule has 0 bridgehead atoms. The Balaban J connectivity index is 2.65. The standard InChI is InChI=1S/C16H16F3NO/c1-2-9-15(21,12-6-4-3-5-7-12)14-11-20-10-8-13(14)16(17,18)19/h3-8,10-11,21H,2,9H2,1H3. The van der Waals surface area contributed by atoms with Crippen LogP contribution < -0.4 is 0 Å². The molecule has 112 valence electrons. The number of rotatable bonds is 4. The predicted octanol–water partition coefficient (Wildman–Crippen LogP) is 4.14. The van der Waals surface area contributed by atoms with Crippen molar-refractivity contribution < 1.29 is 18.3 Å². The van der Waals surface area contributed by atoms with Crippen LogP contribution in [0.15, 0.2) is 48.8 Å². The van der Waals surface area contributed by atoms with Gasteiger partial charge in [0.05, 0.1) is 5.56 Å². The van der Waals surface area contributed by atoms with E-state index in [4.69, 9.17) is 0 Å². The first-order chi connectivity index (χ1) is 9.89. The summed E-state index contributed by atoms with van der Waals surface area (Å²) >= 11 is 0. The van der Waals surface area contributed by atoms with Crippen molar-refractivity contribution in [3.8, 4) is 0 Å². The molecular weight excluding hydrogens is 279 g/mol. The molecule has 0 amide bonds. The fraction of sp³-hybridized carbons (Fsp3) is 0.312. The van der Waals surface area contributed by atoms with Crippen molar-refractivity contribution in [2.24, 2.45) is 0 Å². The van der Waals surface area contributed by atoms with E-state index < -0.39 is 17.3 Å². The van der Waals surface area contributed by atoms with E-state index in [2.05, 4.69) is 4.98 Å². The second kappa shape index (κ2) is 5.85. The molecule has 0 saturated carbocycles. The summed E-state index contributed by atoms with van der Waals surface area (Å²) in [6, 6.07) is 9.30. The van der Waals surface area contributed by atoms with Crippen LogP contribution in [0, 0.1) is 0 Å². The fourth-order valence-corrected chi connectivity index (χ4v) is 2.48. The second-order valence-electron chi connectivity index (χ2n) is 4.90. The summed E-state index contributed by atoms with van der Waals surface area (Å²) in [4.78, 5) is 3.77. The van der Waals surface area contributed by atoms with E-state index in [1.165, 1.54) is 0 Å². The van der Waals surface area contributed by atoms with Gasteiger partial charge >= 0.3 is 6.18 Å². The maximum absolute atomic E-state index is 13.2. The fourth-order valence-electron chi connectivity index (χ4n) is 2.48. The highest BCUT2D eigenvalue weighted by atomic mass is 19.4. The summed E-state index contributed by atoms with van der Waals surface area (Å²) in [6.07, 6.45) is -1.62. The quantitative estimate of drug-likeness (QED) is 0.919. The minimum Gasteiger partial charge on any atom is -0.380 e.